The van der Waals surface area contributed by atoms with Gasteiger partial charge < -0.3 is 20.4 Å². The van der Waals surface area contributed by atoms with Crippen molar-refractivity contribution in [2.24, 2.45) is 0 Å². The van der Waals surface area contributed by atoms with Gasteiger partial charge in [0.1, 0.15) is 22.8 Å². The van der Waals surface area contributed by atoms with Gasteiger partial charge >= 0.3 is 6.36 Å². The largest absolute Gasteiger partial charge is 0.573 e. The van der Waals surface area contributed by atoms with E-state index in [9.17, 15) is 22.4 Å². The molecule has 4 aromatic rings. The monoisotopic (exact) mass is 500 g/mol. The Hall–Kier alpha value is -4.48. The highest BCUT2D eigenvalue weighted by molar-refractivity contribution is 6.14. The van der Waals surface area contributed by atoms with E-state index in [1.165, 1.54) is 42.7 Å². The van der Waals surface area contributed by atoms with Gasteiger partial charge in [-0.15, -0.1) is 13.2 Å². The number of rotatable bonds is 7. The van der Waals surface area contributed by atoms with Gasteiger partial charge in [0.15, 0.2) is 5.65 Å². The summed E-state index contributed by atoms with van der Waals surface area (Å²) in [5, 5.41) is 14.1. The number of aromatic amines is 1. The number of aromatic nitrogens is 3. The third kappa shape index (κ3) is 5.27. The van der Waals surface area contributed by atoms with E-state index in [0.717, 1.165) is 6.07 Å². The minimum atomic E-state index is -4.83. The zero-order chi connectivity index (χ0) is 26.0. The maximum absolute atomic E-state index is 13.6. The highest BCUT2D eigenvalue weighted by Gasteiger charge is 2.31. The first-order valence-corrected chi connectivity index (χ1v) is 10.6. The summed E-state index contributed by atoms with van der Waals surface area (Å²) in [5.74, 6) is -1.41. The number of H-pyrrole nitrogens is 1. The van der Waals surface area contributed by atoms with Crippen LogP contribution < -0.4 is 15.4 Å². The van der Waals surface area contributed by atoms with Gasteiger partial charge in [0.05, 0.1) is 23.5 Å². The summed E-state index contributed by atoms with van der Waals surface area (Å²) in [6.07, 6.45) is -2.07. The Kier molecular flexibility index (Phi) is 6.60. The Morgan fingerprint density at radius 3 is 2.67 bits per heavy atom. The van der Waals surface area contributed by atoms with Crippen molar-refractivity contribution in [3.8, 4) is 5.75 Å². The Morgan fingerprint density at radius 1 is 1.17 bits per heavy atom. The van der Waals surface area contributed by atoms with Crippen molar-refractivity contribution in [3.05, 3.63) is 83.1 Å². The van der Waals surface area contributed by atoms with E-state index in [4.69, 9.17) is 5.41 Å². The predicted molar refractivity (Wildman–Crippen MR) is 125 cm³/mol. The molecule has 0 radical (unpaired) electrons. The van der Waals surface area contributed by atoms with E-state index >= 15 is 0 Å². The van der Waals surface area contributed by atoms with Crippen LogP contribution in [0.1, 0.15) is 40.1 Å². The summed E-state index contributed by atoms with van der Waals surface area (Å²) in [6, 6.07) is 8.56. The van der Waals surface area contributed by atoms with Crippen LogP contribution in [0.5, 0.6) is 5.75 Å². The molecule has 2 aromatic heterocycles. The fraction of sp³-hybridized carbons (Fsp3) is 0.167. The minimum absolute atomic E-state index is 0.0313. The number of hydrogen-bond donors (Lipinski definition) is 4. The van der Waals surface area contributed by atoms with Crippen LogP contribution in [0.15, 0.2) is 54.9 Å². The first-order chi connectivity index (χ1) is 17.1. The molecular weight excluding hydrogens is 480 g/mol. The first-order valence-electron chi connectivity index (χ1n) is 10.6. The molecule has 0 saturated carbocycles. The van der Waals surface area contributed by atoms with E-state index in [1.807, 2.05) is 0 Å². The number of benzene rings is 2. The zero-order valence-electron chi connectivity index (χ0n) is 19.0. The summed E-state index contributed by atoms with van der Waals surface area (Å²) in [4.78, 5) is 24.5. The molecule has 0 spiro atoms. The lowest BCUT2D eigenvalue weighted by molar-refractivity contribution is -0.274. The number of carbonyl (C=O) groups is 1. The van der Waals surface area contributed by atoms with Gasteiger partial charge in [-0.25, -0.2) is 14.4 Å². The van der Waals surface area contributed by atoms with Crippen molar-refractivity contribution >= 4 is 28.5 Å². The number of fused-ring (bicyclic) bond motifs is 1. The van der Waals surface area contributed by atoms with Gasteiger partial charge in [-0.3, -0.25) is 10.2 Å². The molecule has 1 atom stereocenters. The molecule has 4 rings (SSSR count). The number of halogens is 4. The van der Waals surface area contributed by atoms with Crippen LogP contribution >= 0.6 is 0 Å². The quantitative estimate of drug-likeness (QED) is 0.212. The van der Waals surface area contributed by atoms with Crippen LogP contribution in [0.4, 0.5) is 23.2 Å². The Bertz CT molecular complexity index is 1450. The number of ether oxygens (including phenoxy) is 1. The van der Waals surface area contributed by atoms with Crippen molar-refractivity contribution in [2.75, 3.05) is 12.4 Å². The van der Waals surface area contributed by atoms with Crippen molar-refractivity contribution in [3.63, 3.8) is 0 Å². The van der Waals surface area contributed by atoms with Gasteiger partial charge in [0.25, 0.3) is 5.91 Å². The lowest BCUT2D eigenvalue weighted by Crippen LogP contribution is -2.26. The molecule has 1 amide bonds. The minimum Gasteiger partial charge on any atom is -0.406 e. The average Bonchev–Trinajstić information content (AvgIpc) is 3.26. The second-order valence-corrected chi connectivity index (χ2v) is 7.79. The number of alkyl halides is 3. The zero-order valence-corrected chi connectivity index (χ0v) is 19.0. The van der Waals surface area contributed by atoms with Crippen molar-refractivity contribution in [1.82, 2.24) is 20.3 Å². The van der Waals surface area contributed by atoms with Gasteiger partial charge in [0.2, 0.25) is 0 Å². The third-order valence-electron chi connectivity index (χ3n) is 5.34. The van der Waals surface area contributed by atoms with E-state index in [0.29, 0.717) is 22.5 Å². The first kappa shape index (κ1) is 24.6. The van der Waals surface area contributed by atoms with Gasteiger partial charge in [0, 0.05) is 24.5 Å². The molecule has 8 nitrogen and oxygen atoms in total. The standard InChI is InChI=1S/C24H20F4N6O2/c1-12(13-4-3-5-15(8-13)36-24(26,27)28)33-23(35)17-10-31-22-21(17)34-19(11-32-22)20(29)16-7-6-14(25)9-18(16)30-2/h3-12,29-30H,1-2H3,(H,31,32)(H,33,35)/t12-/m0/s1. The molecule has 0 bridgehead atoms. The SMILES string of the molecule is CNc1cc(F)ccc1C(=N)c1cnc2[nH]cc(C(=O)N[C@@H](C)c3cccc(OC(F)(F)F)c3)c2n1. The molecule has 0 unspecified atom stereocenters. The van der Waals surface area contributed by atoms with Crippen molar-refractivity contribution in [2.45, 2.75) is 19.3 Å². The fourth-order valence-electron chi connectivity index (χ4n) is 3.60. The van der Waals surface area contributed by atoms with E-state index in [2.05, 4.69) is 30.3 Å². The highest BCUT2D eigenvalue weighted by atomic mass is 19.4. The topological polar surface area (TPSA) is 116 Å². The molecule has 4 N–H and O–H groups in total. The van der Waals surface area contributed by atoms with Gasteiger partial charge in [-0.1, -0.05) is 12.1 Å². The van der Waals surface area contributed by atoms with Crippen LogP contribution in [0.3, 0.4) is 0 Å². The lowest BCUT2D eigenvalue weighted by atomic mass is 10.0. The molecule has 0 aliphatic rings. The second kappa shape index (κ2) is 9.64. The van der Waals surface area contributed by atoms with Gasteiger partial charge in [-0.2, -0.15) is 0 Å². The average molecular weight is 500 g/mol. The summed E-state index contributed by atoms with van der Waals surface area (Å²) in [6.45, 7) is 1.61. The molecular formula is C24H20F4N6O2. The van der Waals surface area contributed by atoms with Crippen LogP contribution in [0.2, 0.25) is 0 Å². The Morgan fingerprint density at radius 2 is 1.94 bits per heavy atom. The third-order valence-corrected chi connectivity index (χ3v) is 5.34. The molecule has 0 aliphatic carbocycles. The van der Waals surface area contributed by atoms with Crippen molar-refractivity contribution in [1.29, 1.82) is 5.41 Å². The Labute approximate surface area is 202 Å². The maximum atomic E-state index is 13.6. The summed E-state index contributed by atoms with van der Waals surface area (Å²) in [5.41, 5.74) is 1.94. The summed E-state index contributed by atoms with van der Waals surface area (Å²) >= 11 is 0. The maximum Gasteiger partial charge on any atom is 0.573 e. The number of anilines is 1. The van der Waals surface area contributed by atoms with Crippen LogP contribution in [-0.2, 0) is 0 Å². The van der Waals surface area contributed by atoms with Gasteiger partial charge in [-0.05, 0) is 42.8 Å². The molecule has 0 fully saturated rings. The number of nitrogens with zero attached hydrogens (tertiary/aromatic N) is 2. The summed E-state index contributed by atoms with van der Waals surface area (Å²) < 4.78 is 55.1. The molecule has 2 heterocycles. The fourth-order valence-corrected chi connectivity index (χ4v) is 3.60. The normalized spacial score (nSPS) is 12.3. The predicted octanol–water partition coefficient (Wildman–Crippen LogP) is 4.94. The molecule has 0 aliphatic heterocycles. The lowest BCUT2D eigenvalue weighted by Gasteiger charge is -2.16. The van der Waals surface area contributed by atoms with E-state index < -0.39 is 29.9 Å². The highest BCUT2D eigenvalue weighted by Crippen LogP contribution is 2.26. The van der Waals surface area contributed by atoms with E-state index in [1.54, 1.807) is 20.0 Å². The molecule has 36 heavy (non-hydrogen) atoms. The molecule has 12 heteroatoms. The molecule has 0 saturated heterocycles. The van der Waals surface area contributed by atoms with Crippen molar-refractivity contribution < 1.29 is 27.1 Å². The summed E-state index contributed by atoms with van der Waals surface area (Å²) in [7, 11) is 1.60. The smallest absolute Gasteiger partial charge is 0.406 e. The number of carbonyl (C=O) groups excluding carboxylic acids is 1. The number of hydrogen-bond acceptors (Lipinski definition) is 6. The van der Waals surface area contributed by atoms with Crippen LogP contribution in [0.25, 0.3) is 11.2 Å². The Balaban J connectivity index is 1.58. The van der Waals surface area contributed by atoms with Crippen LogP contribution in [0, 0.1) is 11.2 Å². The van der Waals surface area contributed by atoms with Crippen LogP contribution in [-0.4, -0.2) is 40.0 Å². The second-order valence-electron chi connectivity index (χ2n) is 7.79. The number of amides is 1. The van der Waals surface area contributed by atoms with E-state index in [-0.39, 0.29) is 22.5 Å². The number of nitrogens with one attached hydrogen (secondary N) is 4. The molecule has 186 valence electrons. The molecule has 2 aromatic carbocycles.